The summed E-state index contributed by atoms with van der Waals surface area (Å²) < 4.78 is 2.03. The molecule has 0 radical (unpaired) electrons. The fourth-order valence-corrected chi connectivity index (χ4v) is 3.09. The van der Waals surface area contributed by atoms with Crippen LogP contribution in [0, 0.1) is 12.8 Å². The Morgan fingerprint density at radius 1 is 1.36 bits per heavy atom. The topological polar surface area (TPSA) is 59.8 Å². The van der Waals surface area contributed by atoms with Crippen molar-refractivity contribution >= 4 is 17.7 Å². The highest BCUT2D eigenvalue weighted by molar-refractivity contribution is 7.98. The van der Waals surface area contributed by atoms with Crippen LogP contribution in [0.25, 0.3) is 5.69 Å². The number of carbonyl (C=O) groups is 1. The Kier molecular flexibility index (Phi) is 4.47. The molecule has 1 aromatic carbocycles. The van der Waals surface area contributed by atoms with Crippen LogP contribution in [0.4, 0.5) is 0 Å². The first-order chi connectivity index (χ1) is 10.7. The highest BCUT2D eigenvalue weighted by Crippen LogP contribution is 2.26. The van der Waals surface area contributed by atoms with Crippen LogP contribution in [0.5, 0.6) is 0 Å². The Morgan fingerprint density at radius 2 is 2.14 bits per heavy atom. The van der Waals surface area contributed by atoms with Crippen molar-refractivity contribution in [3.05, 3.63) is 35.7 Å². The van der Waals surface area contributed by atoms with E-state index in [0.717, 1.165) is 41.5 Å². The molecular weight excluding hydrogens is 296 g/mol. The lowest BCUT2D eigenvalue weighted by atomic mass is 9.85. The van der Waals surface area contributed by atoms with Crippen LogP contribution in [0.2, 0.25) is 0 Å². The summed E-state index contributed by atoms with van der Waals surface area (Å²) in [6, 6.07) is 8.13. The molecule has 1 aromatic heterocycles. The van der Waals surface area contributed by atoms with Crippen LogP contribution < -0.4 is 5.32 Å². The highest BCUT2D eigenvalue weighted by Gasteiger charge is 2.25. The minimum atomic E-state index is 0.135. The number of thioether (sulfide) groups is 1. The lowest BCUT2D eigenvalue weighted by Crippen LogP contribution is -2.34. The third-order valence-corrected chi connectivity index (χ3v) is 4.77. The molecule has 22 heavy (non-hydrogen) atoms. The van der Waals surface area contributed by atoms with E-state index in [4.69, 9.17) is 0 Å². The lowest BCUT2D eigenvalue weighted by molar-refractivity contribution is -0.127. The first-order valence-corrected chi connectivity index (χ1v) is 8.75. The van der Waals surface area contributed by atoms with E-state index in [1.807, 2.05) is 23.0 Å². The fraction of sp³-hybridized carbons (Fsp3) is 0.438. The molecule has 5 nitrogen and oxygen atoms in total. The average Bonchev–Trinajstić information content (AvgIpc) is 2.86. The third-order valence-electron chi connectivity index (χ3n) is 4.14. The Hall–Kier alpha value is -1.82. The third kappa shape index (κ3) is 2.88. The highest BCUT2D eigenvalue weighted by atomic mass is 32.2. The molecule has 6 heteroatoms. The molecule has 1 saturated carbocycles. The summed E-state index contributed by atoms with van der Waals surface area (Å²) in [5.74, 6) is 1.09. The van der Waals surface area contributed by atoms with Gasteiger partial charge in [-0.05, 0) is 37.7 Å². The molecule has 0 saturated heterocycles. The van der Waals surface area contributed by atoms with Gasteiger partial charge in [0, 0.05) is 5.92 Å². The predicted octanol–water partition coefficient (Wildman–Crippen LogP) is 2.71. The fourth-order valence-electron chi connectivity index (χ4n) is 2.58. The number of amides is 1. The lowest BCUT2D eigenvalue weighted by Gasteiger charge is -2.24. The summed E-state index contributed by atoms with van der Waals surface area (Å²) in [5.41, 5.74) is 2.22. The minimum Gasteiger partial charge on any atom is -0.349 e. The van der Waals surface area contributed by atoms with Crippen molar-refractivity contribution in [3.63, 3.8) is 0 Å². The standard InChI is InChI=1S/C16H20N4OS/c1-11-6-3-4-9-13(11)20-14(18-19-16(20)22-2)10-17-15(21)12-7-5-8-12/h3-4,6,9,12H,5,7-8,10H2,1-2H3,(H,17,21). The van der Waals surface area contributed by atoms with Crippen molar-refractivity contribution in [3.8, 4) is 5.69 Å². The van der Waals surface area contributed by atoms with E-state index in [1.54, 1.807) is 11.8 Å². The van der Waals surface area contributed by atoms with E-state index in [0.29, 0.717) is 6.54 Å². The van der Waals surface area contributed by atoms with Crippen molar-refractivity contribution in [1.29, 1.82) is 0 Å². The summed E-state index contributed by atoms with van der Waals surface area (Å²) in [6.45, 7) is 2.48. The SMILES string of the molecule is CSc1nnc(CNC(=O)C2CCC2)n1-c1ccccc1C. The number of aryl methyl sites for hydroxylation is 1. The van der Waals surface area contributed by atoms with Gasteiger partial charge in [-0.15, -0.1) is 10.2 Å². The molecule has 1 fully saturated rings. The second-order valence-corrected chi connectivity index (χ2v) is 6.34. The molecule has 0 bridgehead atoms. The van der Waals surface area contributed by atoms with Gasteiger partial charge >= 0.3 is 0 Å². The zero-order valence-corrected chi connectivity index (χ0v) is 13.7. The molecule has 1 heterocycles. The van der Waals surface area contributed by atoms with E-state index < -0.39 is 0 Å². The van der Waals surface area contributed by atoms with Crippen molar-refractivity contribution in [2.45, 2.75) is 37.9 Å². The molecule has 0 aliphatic heterocycles. The van der Waals surface area contributed by atoms with E-state index in [-0.39, 0.29) is 11.8 Å². The number of hydrogen-bond acceptors (Lipinski definition) is 4. The quantitative estimate of drug-likeness (QED) is 0.862. The number of nitrogens with one attached hydrogen (secondary N) is 1. The number of aromatic nitrogens is 3. The van der Waals surface area contributed by atoms with Gasteiger partial charge < -0.3 is 5.32 Å². The maximum atomic E-state index is 12.0. The van der Waals surface area contributed by atoms with E-state index in [2.05, 4.69) is 34.6 Å². The average molecular weight is 316 g/mol. The van der Waals surface area contributed by atoms with Crippen LogP contribution >= 0.6 is 11.8 Å². The van der Waals surface area contributed by atoms with Gasteiger partial charge in [0.2, 0.25) is 5.91 Å². The maximum Gasteiger partial charge on any atom is 0.223 e. The Morgan fingerprint density at radius 3 is 2.77 bits per heavy atom. The number of hydrogen-bond donors (Lipinski definition) is 1. The summed E-state index contributed by atoms with van der Waals surface area (Å²) >= 11 is 1.55. The smallest absolute Gasteiger partial charge is 0.223 e. The Bertz CT molecular complexity index is 679. The van der Waals surface area contributed by atoms with Gasteiger partial charge in [-0.2, -0.15) is 0 Å². The molecule has 116 valence electrons. The zero-order chi connectivity index (χ0) is 15.5. The number of rotatable bonds is 5. The zero-order valence-electron chi connectivity index (χ0n) is 12.9. The number of carbonyl (C=O) groups excluding carboxylic acids is 1. The Balaban J connectivity index is 1.84. The van der Waals surface area contributed by atoms with Crippen molar-refractivity contribution < 1.29 is 4.79 Å². The molecule has 0 spiro atoms. The van der Waals surface area contributed by atoms with E-state index in [1.165, 1.54) is 0 Å². The summed E-state index contributed by atoms with van der Waals surface area (Å²) in [7, 11) is 0. The largest absolute Gasteiger partial charge is 0.349 e. The normalized spacial score (nSPS) is 14.6. The molecule has 1 amide bonds. The maximum absolute atomic E-state index is 12.0. The minimum absolute atomic E-state index is 0.135. The number of benzene rings is 1. The van der Waals surface area contributed by atoms with E-state index >= 15 is 0 Å². The van der Waals surface area contributed by atoms with Crippen LogP contribution in [0.1, 0.15) is 30.7 Å². The second-order valence-electron chi connectivity index (χ2n) is 5.57. The second kappa shape index (κ2) is 6.52. The van der Waals surface area contributed by atoms with Gasteiger partial charge in [0.15, 0.2) is 11.0 Å². The summed E-state index contributed by atoms with van der Waals surface area (Å²) in [4.78, 5) is 12.0. The number of para-hydroxylation sites is 1. The van der Waals surface area contributed by atoms with Gasteiger partial charge in [0.25, 0.3) is 0 Å². The molecule has 1 N–H and O–H groups in total. The Labute approximate surface area is 134 Å². The van der Waals surface area contributed by atoms with Crippen LogP contribution in [-0.4, -0.2) is 26.9 Å². The van der Waals surface area contributed by atoms with Crippen molar-refractivity contribution in [2.75, 3.05) is 6.26 Å². The van der Waals surface area contributed by atoms with Crippen LogP contribution in [0.3, 0.4) is 0 Å². The molecule has 1 aliphatic rings. The number of nitrogens with zero attached hydrogens (tertiary/aromatic N) is 3. The van der Waals surface area contributed by atoms with Gasteiger partial charge in [-0.1, -0.05) is 36.4 Å². The molecule has 0 unspecified atom stereocenters. The first-order valence-electron chi connectivity index (χ1n) is 7.52. The monoisotopic (exact) mass is 316 g/mol. The van der Waals surface area contributed by atoms with Gasteiger partial charge in [-0.25, -0.2) is 0 Å². The van der Waals surface area contributed by atoms with Crippen molar-refractivity contribution in [1.82, 2.24) is 20.1 Å². The van der Waals surface area contributed by atoms with E-state index in [9.17, 15) is 4.79 Å². The summed E-state index contributed by atoms with van der Waals surface area (Å²) in [5, 5.41) is 12.3. The summed E-state index contributed by atoms with van der Waals surface area (Å²) in [6.07, 6.45) is 5.16. The van der Waals surface area contributed by atoms with Crippen molar-refractivity contribution in [2.24, 2.45) is 5.92 Å². The molecular formula is C16H20N4OS. The molecule has 0 atom stereocenters. The van der Waals surface area contributed by atoms with Crippen LogP contribution in [0.15, 0.2) is 29.4 Å². The molecule has 3 rings (SSSR count). The predicted molar refractivity (Wildman–Crippen MR) is 87.1 cm³/mol. The van der Waals surface area contributed by atoms with Gasteiger partial charge in [0.1, 0.15) is 0 Å². The molecule has 2 aromatic rings. The molecule has 1 aliphatic carbocycles. The first kappa shape index (κ1) is 15.1. The van der Waals surface area contributed by atoms with Gasteiger partial charge in [0.05, 0.1) is 12.2 Å². The van der Waals surface area contributed by atoms with Gasteiger partial charge in [-0.3, -0.25) is 9.36 Å². The van der Waals surface area contributed by atoms with Crippen LogP contribution in [-0.2, 0) is 11.3 Å².